The third-order valence-corrected chi connectivity index (χ3v) is 5.71. The minimum absolute atomic E-state index is 0. The molecule has 0 bridgehead atoms. The first-order valence-corrected chi connectivity index (χ1v) is 10.3. The van der Waals surface area contributed by atoms with Gasteiger partial charge in [0.2, 0.25) is 0 Å². The highest BCUT2D eigenvalue weighted by Crippen LogP contribution is 2.25. The van der Waals surface area contributed by atoms with Crippen LogP contribution in [0.25, 0.3) is 10.9 Å². The summed E-state index contributed by atoms with van der Waals surface area (Å²) >= 11 is 0. The summed E-state index contributed by atoms with van der Waals surface area (Å²) in [5, 5.41) is 17.2. The van der Waals surface area contributed by atoms with Gasteiger partial charge in [-0.2, -0.15) is 0 Å². The smallest absolute Gasteiger partial charge is 0.251 e. The number of amides is 1. The van der Waals surface area contributed by atoms with E-state index in [1.165, 1.54) is 10.9 Å². The molecule has 0 radical (unpaired) electrons. The third-order valence-electron chi connectivity index (χ3n) is 5.71. The fraction of sp³-hybridized carbons (Fsp3) is 0.333. The summed E-state index contributed by atoms with van der Waals surface area (Å²) in [6.07, 6.45) is 3.87. The van der Waals surface area contributed by atoms with Gasteiger partial charge in [-0.3, -0.25) is 4.79 Å². The van der Waals surface area contributed by atoms with Crippen LogP contribution in [-0.4, -0.2) is 28.1 Å². The van der Waals surface area contributed by atoms with Crippen LogP contribution in [0, 0.1) is 6.92 Å². The summed E-state index contributed by atoms with van der Waals surface area (Å²) < 4.78 is 0. The van der Waals surface area contributed by atoms with Crippen molar-refractivity contribution in [2.45, 2.75) is 51.3 Å². The number of aryl methyl sites for hydroxylation is 1. The highest BCUT2D eigenvalue weighted by atomic mass is 35.5. The second-order valence-corrected chi connectivity index (χ2v) is 7.87. The molecule has 0 unspecified atom stereocenters. The molecule has 30 heavy (non-hydrogen) atoms. The van der Waals surface area contributed by atoms with Crippen LogP contribution in [-0.2, 0) is 6.61 Å². The van der Waals surface area contributed by atoms with Gasteiger partial charge in [0, 0.05) is 23.0 Å². The van der Waals surface area contributed by atoms with Gasteiger partial charge in [0.1, 0.15) is 5.82 Å². The molecular formula is C24H28ClN3O2. The van der Waals surface area contributed by atoms with Crippen molar-refractivity contribution in [1.82, 2.24) is 10.3 Å². The Hall–Kier alpha value is -2.63. The Bertz CT molecular complexity index is 1020. The van der Waals surface area contributed by atoms with Crippen LogP contribution in [0.5, 0.6) is 0 Å². The van der Waals surface area contributed by atoms with E-state index in [9.17, 15) is 9.90 Å². The molecule has 1 saturated carbocycles. The second kappa shape index (κ2) is 9.92. The van der Waals surface area contributed by atoms with E-state index in [0.29, 0.717) is 11.6 Å². The number of hydrogen-bond acceptors (Lipinski definition) is 4. The topological polar surface area (TPSA) is 74.2 Å². The van der Waals surface area contributed by atoms with Crippen molar-refractivity contribution in [2.75, 3.05) is 5.32 Å². The first-order chi connectivity index (χ1) is 14.1. The predicted octanol–water partition coefficient (Wildman–Crippen LogP) is 4.61. The number of anilines is 1. The Morgan fingerprint density at radius 3 is 2.53 bits per heavy atom. The number of rotatable bonds is 5. The Morgan fingerprint density at radius 2 is 1.77 bits per heavy atom. The van der Waals surface area contributed by atoms with Crippen molar-refractivity contribution in [2.24, 2.45) is 0 Å². The molecule has 0 aliphatic heterocycles. The summed E-state index contributed by atoms with van der Waals surface area (Å²) in [4.78, 5) is 17.2. The number of para-hydroxylation sites is 1. The third kappa shape index (κ3) is 5.10. The standard InChI is InChI=1S/C24H27N3O2.ClH/c1-16-13-23(27-22-8-3-2-7-21(16)22)25-19-9-11-20(12-10-19)26-24(29)18-6-4-5-17(14-18)15-28;/h2-8,13-14,19-20,28H,9-12,15H2,1H3,(H,25,27)(H,26,29);1H. The number of benzene rings is 2. The van der Waals surface area contributed by atoms with E-state index in [1.807, 2.05) is 24.3 Å². The number of aliphatic hydroxyl groups excluding tert-OH is 1. The molecule has 0 saturated heterocycles. The van der Waals surface area contributed by atoms with Gasteiger partial charge in [-0.1, -0.05) is 30.3 Å². The van der Waals surface area contributed by atoms with Gasteiger partial charge in [-0.25, -0.2) is 4.98 Å². The van der Waals surface area contributed by atoms with Gasteiger partial charge in [0.05, 0.1) is 12.1 Å². The van der Waals surface area contributed by atoms with Gasteiger partial charge in [-0.15, -0.1) is 12.4 Å². The van der Waals surface area contributed by atoms with Crippen molar-refractivity contribution in [3.8, 4) is 0 Å². The summed E-state index contributed by atoms with van der Waals surface area (Å²) in [5.41, 5.74) is 3.60. The van der Waals surface area contributed by atoms with Crippen LogP contribution in [0.2, 0.25) is 0 Å². The van der Waals surface area contributed by atoms with Crippen molar-refractivity contribution in [3.05, 3.63) is 71.3 Å². The van der Waals surface area contributed by atoms with Crippen LogP contribution in [0.4, 0.5) is 5.82 Å². The number of carbonyl (C=O) groups is 1. The fourth-order valence-corrected chi connectivity index (χ4v) is 4.09. The number of halogens is 1. The highest BCUT2D eigenvalue weighted by Gasteiger charge is 2.23. The van der Waals surface area contributed by atoms with Gasteiger partial charge < -0.3 is 15.7 Å². The van der Waals surface area contributed by atoms with E-state index in [4.69, 9.17) is 4.98 Å². The predicted molar refractivity (Wildman–Crippen MR) is 123 cm³/mol. The van der Waals surface area contributed by atoms with Crippen LogP contribution < -0.4 is 10.6 Å². The lowest BCUT2D eigenvalue weighted by atomic mass is 9.91. The molecular weight excluding hydrogens is 398 g/mol. The summed E-state index contributed by atoms with van der Waals surface area (Å²) in [6, 6.07) is 18.0. The Labute approximate surface area is 183 Å². The maximum atomic E-state index is 12.5. The molecule has 0 spiro atoms. The minimum Gasteiger partial charge on any atom is -0.392 e. The first kappa shape index (κ1) is 22.1. The van der Waals surface area contributed by atoms with Crippen molar-refractivity contribution in [3.63, 3.8) is 0 Å². The molecule has 1 fully saturated rings. The molecule has 1 aliphatic carbocycles. The van der Waals surface area contributed by atoms with Crippen LogP contribution in [0.15, 0.2) is 54.6 Å². The lowest BCUT2D eigenvalue weighted by molar-refractivity contribution is 0.0926. The molecule has 1 aliphatic rings. The summed E-state index contributed by atoms with van der Waals surface area (Å²) in [7, 11) is 0. The molecule has 3 N–H and O–H groups in total. The SMILES string of the molecule is Cc1cc(NC2CCC(NC(=O)c3cccc(CO)c3)CC2)nc2ccccc12.Cl. The molecule has 5 nitrogen and oxygen atoms in total. The first-order valence-electron chi connectivity index (χ1n) is 10.3. The Balaban J connectivity index is 0.00000256. The number of aromatic nitrogens is 1. The molecule has 6 heteroatoms. The van der Waals surface area contributed by atoms with E-state index >= 15 is 0 Å². The van der Waals surface area contributed by atoms with E-state index in [-0.39, 0.29) is 31.0 Å². The maximum absolute atomic E-state index is 12.5. The molecule has 1 amide bonds. The molecule has 1 heterocycles. The average molecular weight is 426 g/mol. The van der Waals surface area contributed by atoms with E-state index < -0.39 is 0 Å². The number of pyridine rings is 1. The molecule has 1 aromatic heterocycles. The zero-order valence-electron chi connectivity index (χ0n) is 17.1. The van der Waals surface area contributed by atoms with Crippen LogP contribution in [0.1, 0.15) is 47.2 Å². The molecule has 3 aromatic rings. The molecule has 4 rings (SSSR count). The van der Waals surface area contributed by atoms with E-state index in [2.05, 4.69) is 29.7 Å². The van der Waals surface area contributed by atoms with Crippen molar-refractivity contribution < 1.29 is 9.90 Å². The van der Waals surface area contributed by atoms with Crippen LogP contribution >= 0.6 is 12.4 Å². The van der Waals surface area contributed by atoms with Crippen LogP contribution in [0.3, 0.4) is 0 Å². The van der Waals surface area contributed by atoms with Crippen molar-refractivity contribution >= 4 is 35.0 Å². The van der Waals surface area contributed by atoms with Crippen molar-refractivity contribution in [1.29, 1.82) is 0 Å². The molecule has 0 atom stereocenters. The summed E-state index contributed by atoms with van der Waals surface area (Å²) in [5.74, 6) is 0.859. The number of fused-ring (bicyclic) bond motifs is 1. The number of nitrogens with zero attached hydrogens (tertiary/aromatic N) is 1. The Kier molecular flexibility index (Phi) is 7.29. The van der Waals surface area contributed by atoms with Gasteiger partial charge in [0.15, 0.2) is 0 Å². The quantitative estimate of drug-likeness (QED) is 0.558. The number of aliphatic hydroxyl groups is 1. The zero-order chi connectivity index (χ0) is 20.2. The molecule has 2 aromatic carbocycles. The van der Waals surface area contributed by atoms with E-state index in [0.717, 1.165) is 42.6 Å². The average Bonchev–Trinajstić information content (AvgIpc) is 2.75. The van der Waals surface area contributed by atoms with Gasteiger partial charge >= 0.3 is 0 Å². The zero-order valence-corrected chi connectivity index (χ0v) is 17.9. The lowest BCUT2D eigenvalue weighted by Crippen LogP contribution is -2.40. The second-order valence-electron chi connectivity index (χ2n) is 7.87. The van der Waals surface area contributed by atoms with Gasteiger partial charge in [-0.05, 0) is 68.0 Å². The van der Waals surface area contributed by atoms with Gasteiger partial charge in [0.25, 0.3) is 5.91 Å². The Morgan fingerprint density at radius 1 is 1.03 bits per heavy atom. The monoisotopic (exact) mass is 425 g/mol. The highest BCUT2D eigenvalue weighted by molar-refractivity contribution is 5.94. The van der Waals surface area contributed by atoms with E-state index in [1.54, 1.807) is 18.2 Å². The number of carbonyl (C=O) groups excluding carboxylic acids is 1. The number of hydrogen-bond donors (Lipinski definition) is 3. The maximum Gasteiger partial charge on any atom is 0.251 e. The fourth-order valence-electron chi connectivity index (χ4n) is 4.09. The minimum atomic E-state index is -0.0662. The molecule has 158 valence electrons. The largest absolute Gasteiger partial charge is 0.392 e. The number of nitrogens with one attached hydrogen (secondary N) is 2. The normalized spacial score (nSPS) is 18.5. The summed E-state index contributed by atoms with van der Waals surface area (Å²) in [6.45, 7) is 2.06. The lowest BCUT2D eigenvalue weighted by Gasteiger charge is -2.30.